The van der Waals surface area contributed by atoms with Crippen LogP contribution in [0.4, 0.5) is 0 Å². The summed E-state index contributed by atoms with van der Waals surface area (Å²) in [5, 5.41) is 11.5. The molecule has 3 rings (SSSR count). The van der Waals surface area contributed by atoms with Gasteiger partial charge >= 0.3 is 0 Å². The van der Waals surface area contributed by atoms with Crippen LogP contribution < -0.4 is 9.46 Å². The lowest BCUT2D eigenvalue weighted by Crippen LogP contribution is -2.39. The Kier molecular flexibility index (Phi) is 5.55. The third-order valence-electron chi connectivity index (χ3n) is 4.41. The van der Waals surface area contributed by atoms with Gasteiger partial charge in [0.1, 0.15) is 22.7 Å². The maximum Gasteiger partial charge on any atom is 0.212 e. The van der Waals surface area contributed by atoms with Gasteiger partial charge in [0, 0.05) is 11.9 Å². The molecule has 0 radical (unpaired) electrons. The average molecular weight is 389 g/mol. The molecule has 1 aromatic heterocycles. The van der Waals surface area contributed by atoms with E-state index in [0.29, 0.717) is 17.8 Å². The highest BCUT2D eigenvalue weighted by Gasteiger charge is 2.29. The van der Waals surface area contributed by atoms with Crippen molar-refractivity contribution in [2.24, 2.45) is 0 Å². The topological polar surface area (TPSA) is 88.8 Å². The molecule has 0 fully saturated rings. The van der Waals surface area contributed by atoms with Crippen LogP contribution >= 0.6 is 0 Å². The first-order valence-corrected chi connectivity index (χ1v) is 10.3. The molecular weight excluding hydrogens is 366 g/mol. The number of aryl methyl sites for hydroxylation is 1. The van der Waals surface area contributed by atoms with Crippen LogP contribution in [-0.4, -0.2) is 32.9 Å². The third-order valence-corrected chi connectivity index (χ3v) is 5.74. The van der Waals surface area contributed by atoms with Gasteiger partial charge in [-0.05, 0) is 43.2 Å². The monoisotopic (exact) mass is 389 g/mol. The van der Waals surface area contributed by atoms with Crippen LogP contribution in [0.25, 0.3) is 11.0 Å². The van der Waals surface area contributed by atoms with Crippen LogP contribution in [0.1, 0.15) is 18.2 Å². The number of para-hydroxylation sites is 1. The molecule has 0 saturated heterocycles. The minimum absolute atomic E-state index is 0.0739. The van der Waals surface area contributed by atoms with E-state index in [1.807, 2.05) is 30.3 Å². The first-order chi connectivity index (χ1) is 12.8. The van der Waals surface area contributed by atoms with E-state index in [2.05, 4.69) is 4.72 Å². The summed E-state index contributed by atoms with van der Waals surface area (Å²) in [6.07, 6.45) is 0.367. The highest BCUT2D eigenvalue weighted by atomic mass is 32.2. The number of benzene rings is 2. The summed E-state index contributed by atoms with van der Waals surface area (Å²) in [5.74, 6) is 0.971. The molecule has 27 heavy (non-hydrogen) atoms. The van der Waals surface area contributed by atoms with E-state index in [1.165, 1.54) is 6.92 Å². The summed E-state index contributed by atoms with van der Waals surface area (Å²) in [7, 11) is -1.97. The Morgan fingerprint density at radius 3 is 2.52 bits per heavy atom. The number of ether oxygens (including phenoxy) is 1. The van der Waals surface area contributed by atoms with Crippen molar-refractivity contribution in [3.63, 3.8) is 0 Å². The van der Waals surface area contributed by atoms with Gasteiger partial charge in [0.25, 0.3) is 0 Å². The lowest BCUT2D eigenvalue weighted by atomic mass is 10.0. The Hall–Kier alpha value is -2.35. The fraction of sp³-hybridized carbons (Fsp3) is 0.300. The zero-order valence-electron chi connectivity index (χ0n) is 15.3. The summed E-state index contributed by atoms with van der Waals surface area (Å²) in [4.78, 5) is 0. The maximum atomic E-state index is 12.3. The smallest absolute Gasteiger partial charge is 0.212 e. The number of methoxy groups -OCH3 is 1. The second-order valence-corrected chi connectivity index (χ2v) is 8.59. The SMILES string of the molecule is COc1ccc(CCS(=O)(=O)NCC(C)(O)c2cc3ccccc3o2)cc1. The molecule has 2 N–H and O–H groups in total. The number of nitrogens with one attached hydrogen (secondary N) is 1. The molecule has 7 heteroatoms. The molecule has 1 heterocycles. The molecule has 0 aliphatic rings. The van der Waals surface area contributed by atoms with Gasteiger partial charge in [0.05, 0.1) is 12.9 Å². The maximum absolute atomic E-state index is 12.3. The summed E-state index contributed by atoms with van der Waals surface area (Å²) < 4.78 is 37.8. The first-order valence-electron chi connectivity index (χ1n) is 8.61. The Morgan fingerprint density at radius 1 is 1.15 bits per heavy atom. The molecule has 3 aromatic rings. The highest BCUT2D eigenvalue weighted by molar-refractivity contribution is 7.89. The first kappa shape index (κ1) is 19.4. The Labute approximate surface area is 158 Å². The van der Waals surface area contributed by atoms with Gasteiger partial charge in [0.2, 0.25) is 10.0 Å². The molecule has 0 aliphatic heterocycles. The van der Waals surface area contributed by atoms with E-state index in [4.69, 9.17) is 9.15 Å². The van der Waals surface area contributed by atoms with Crippen molar-refractivity contribution in [3.05, 3.63) is 65.9 Å². The molecule has 1 atom stereocenters. The van der Waals surface area contributed by atoms with Crippen molar-refractivity contribution < 1.29 is 22.7 Å². The quantitative estimate of drug-likeness (QED) is 0.618. The Bertz CT molecular complexity index is 973. The van der Waals surface area contributed by atoms with Crippen molar-refractivity contribution in [2.75, 3.05) is 19.4 Å². The van der Waals surface area contributed by atoms with E-state index in [9.17, 15) is 13.5 Å². The summed E-state index contributed by atoms with van der Waals surface area (Å²) in [5.41, 5.74) is 0.0898. The third kappa shape index (κ3) is 4.88. The van der Waals surface area contributed by atoms with Crippen LogP contribution in [0.2, 0.25) is 0 Å². The van der Waals surface area contributed by atoms with Gasteiger partial charge in [-0.3, -0.25) is 0 Å². The van der Waals surface area contributed by atoms with E-state index in [0.717, 1.165) is 16.7 Å². The van der Waals surface area contributed by atoms with Crippen molar-refractivity contribution in [2.45, 2.75) is 18.9 Å². The number of aliphatic hydroxyl groups is 1. The second-order valence-electron chi connectivity index (χ2n) is 6.66. The summed E-state index contributed by atoms with van der Waals surface area (Å²) in [6.45, 7) is 1.36. The number of fused-ring (bicyclic) bond motifs is 1. The van der Waals surface area contributed by atoms with Gasteiger partial charge in [-0.1, -0.05) is 30.3 Å². The minimum atomic E-state index is -3.55. The molecule has 0 saturated carbocycles. The van der Waals surface area contributed by atoms with E-state index in [1.54, 1.807) is 31.4 Å². The number of hydrogen-bond donors (Lipinski definition) is 2. The molecule has 0 bridgehead atoms. The second kappa shape index (κ2) is 7.72. The lowest BCUT2D eigenvalue weighted by Gasteiger charge is -2.21. The number of sulfonamides is 1. The molecular formula is C20H23NO5S. The standard InChI is InChI=1S/C20H23NO5S/c1-20(22,19-13-16-5-3-4-6-18(16)26-19)14-21-27(23,24)12-11-15-7-9-17(25-2)10-8-15/h3-10,13,21-22H,11-12,14H2,1-2H3. The predicted molar refractivity (Wildman–Crippen MR) is 104 cm³/mol. The van der Waals surface area contributed by atoms with Gasteiger partial charge in [-0.15, -0.1) is 0 Å². The van der Waals surface area contributed by atoms with Gasteiger partial charge in [0.15, 0.2) is 0 Å². The van der Waals surface area contributed by atoms with Gasteiger partial charge in [-0.2, -0.15) is 0 Å². The van der Waals surface area contributed by atoms with Gasteiger partial charge < -0.3 is 14.3 Å². The van der Waals surface area contributed by atoms with Crippen LogP contribution in [0.15, 0.2) is 59.0 Å². The fourth-order valence-corrected chi connectivity index (χ4v) is 3.85. The van der Waals surface area contributed by atoms with Crippen molar-refractivity contribution in [1.29, 1.82) is 0 Å². The zero-order chi connectivity index (χ0) is 19.5. The van der Waals surface area contributed by atoms with Crippen LogP contribution in [0, 0.1) is 0 Å². The van der Waals surface area contributed by atoms with E-state index in [-0.39, 0.29) is 12.3 Å². The molecule has 0 spiro atoms. The molecule has 0 amide bonds. The molecule has 1 unspecified atom stereocenters. The number of furan rings is 1. The Balaban J connectivity index is 1.61. The average Bonchev–Trinajstić information content (AvgIpc) is 3.11. The van der Waals surface area contributed by atoms with E-state index < -0.39 is 15.6 Å². The number of rotatable bonds is 8. The highest BCUT2D eigenvalue weighted by Crippen LogP contribution is 2.27. The van der Waals surface area contributed by atoms with Gasteiger partial charge in [-0.25, -0.2) is 13.1 Å². The summed E-state index contributed by atoms with van der Waals surface area (Å²) >= 11 is 0. The van der Waals surface area contributed by atoms with Crippen LogP contribution in [-0.2, 0) is 22.0 Å². The summed E-state index contributed by atoms with van der Waals surface area (Å²) in [6, 6.07) is 16.4. The fourth-order valence-electron chi connectivity index (χ4n) is 2.70. The predicted octanol–water partition coefficient (Wildman–Crippen LogP) is 2.81. The van der Waals surface area contributed by atoms with E-state index >= 15 is 0 Å². The molecule has 2 aromatic carbocycles. The zero-order valence-corrected chi connectivity index (χ0v) is 16.1. The van der Waals surface area contributed by atoms with Crippen molar-refractivity contribution in [3.8, 4) is 5.75 Å². The Morgan fingerprint density at radius 2 is 1.85 bits per heavy atom. The molecule has 0 aliphatic carbocycles. The minimum Gasteiger partial charge on any atom is -0.497 e. The number of hydrogen-bond acceptors (Lipinski definition) is 5. The van der Waals surface area contributed by atoms with Crippen molar-refractivity contribution >= 4 is 21.0 Å². The van der Waals surface area contributed by atoms with Crippen LogP contribution in [0.3, 0.4) is 0 Å². The molecule has 6 nitrogen and oxygen atoms in total. The molecule has 144 valence electrons. The largest absolute Gasteiger partial charge is 0.497 e. The van der Waals surface area contributed by atoms with Crippen LogP contribution in [0.5, 0.6) is 5.75 Å². The van der Waals surface area contributed by atoms with Crippen molar-refractivity contribution in [1.82, 2.24) is 4.72 Å². The lowest BCUT2D eigenvalue weighted by molar-refractivity contribution is 0.0412. The normalized spacial score (nSPS) is 14.2.